The molecule has 26 heavy (non-hydrogen) atoms. The highest BCUT2D eigenvalue weighted by atomic mass is 32.2. The van der Waals surface area contributed by atoms with Crippen LogP contribution in [-0.2, 0) is 0 Å². The summed E-state index contributed by atoms with van der Waals surface area (Å²) in [6.07, 6.45) is 7.13. The molecule has 0 bridgehead atoms. The summed E-state index contributed by atoms with van der Waals surface area (Å²) in [5.41, 5.74) is 3.13. The van der Waals surface area contributed by atoms with Crippen LogP contribution in [0.3, 0.4) is 0 Å². The molecule has 0 aliphatic carbocycles. The third kappa shape index (κ3) is 4.11. The fourth-order valence-corrected chi connectivity index (χ4v) is 3.77. The van der Waals surface area contributed by atoms with Gasteiger partial charge in [0.1, 0.15) is 18.0 Å². The van der Waals surface area contributed by atoms with Crippen LogP contribution in [0.2, 0.25) is 0 Å². The molecule has 1 aromatic carbocycles. The second-order valence-corrected chi connectivity index (χ2v) is 7.18. The molecule has 1 aliphatic rings. The van der Waals surface area contributed by atoms with Gasteiger partial charge in [-0.1, -0.05) is 12.7 Å². The van der Waals surface area contributed by atoms with E-state index in [4.69, 9.17) is 0 Å². The van der Waals surface area contributed by atoms with Gasteiger partial charge in [-0.25, -0.2) is 9.97 Å². The van der Waals surface area contributed by atoms with Gasteiger partial charge < -0.3 is 15.5 Å². The largest absolute Gasteiger partial charge is 0.372 e. The Hall–Kier alpha value is -2.25. The number of piperidine rings is 1. The van der Waals surface area contributed by atoms with Gasteiger partial charge in [-0.15, -0.1) is 0 Å². The molecule has 3 rings (SSSR count). The molecule has 0 amide bonds. The van der Waals surface area contributed by atoms with E-state index in [2.05, 4.69) is 55.0 Å². The van der Waals surface area contributed by atoms with E-state index in [1.807, 2.05) is 14.1 Å². The number of nitrogens with zero attached hydrogens (tertiary/aromatic N) is 3. The Morgan fingerprint density at radius 1 is 1.12 bits per heavy atom. The second-order valence-electron chi connectivity index (χ2n) is 6.10. The van der Waals surface area contributed by atoms with Crippen molar-refractivity contribution in [1.29, 1.82) is 0 Å². The van der Waals surface area contributed by atoms with E-state index in [1.165, 1.54) is 24.9 Å². The van der Waals surface area contributed by atoms with Crippen LogP contribution in [0.1, 0.15) is 24.8 Å². The molecule has 0 radical (unpaired) electrons. The predicted molar refractivity (Wildman–Crippen MR) is 112 cm³/mol. The normalized spacial score (nSPS) is 14.2. The van der Waals surface area contributed by atoms with E-state index in [-0.39, 0.29) is 0 Å². The van der Waals surface area contributed by atoms with Gasteiger partial charge in [0.05, 0.1) is 16.9 Å². The predicted octanol–water partition coefficient (Wildman–Crippen LogP) is 4.12. The zero-order valence-corrected chi connectivity index (χ0v) is 16.2. The highest BCUT2D eigenvalue weighted by Crippen LogP contribution is 2.35. The lowest BCUT2D eigenvalue weighted by Gasteiger charge is -2.31. The minimum Gasteiger partial charge on any atom is -0.372 e. The summed E-state index contributed by atoms with van der Waals surface area (Å²) in [5.74, 6) is 1.52. The van der Waals surface area contributed by atoms with Gasteiger partial charge in [0.2, 0.25) is 0 Å². The van der Waals surface area contributed by atoms with Crippen molar-refractivity contribution in [3.05, 3.63) is 36.7 Å². The lowest BCUT2D eigenvalue weighted by atomic mass is 10.1. The average Bonchev–Trinajstić information content (AvgIpc) is 2.69. The molecule has 1 fully saturated rings. The summed E-state index contributed by atoms with van der Waals surface area (Å²) in [5, 5.41) is 6.61. The molecule has 1 saturated heterocycles. The molecule has 1 aliphatic heterocycles. The van der Waals surface area contributed by atoms with E-state index in [0.717, 1.165) is 40.9 Å². The summed E-state index contributed by atoms with van der Waals surface area (Å²) in [6, 6.07) is 6.52. The number of nitrogens with one attached hydrogen (secondary N) is 3. The van der Waals surface area contributed by atoms with Crippen LogP contribution < -0.4 is 20.3 Å². The Morgan fingerprint density at radius 3 is 2.58 bits per heavy atom. The van der Waals surface area contributed by atoms with Crippen molar-refractivity contribution in [3.63, 3.8) is 0 Å². The van der Waals surface area contributed by atoms with Crippen LogP contribution in [0.5, 0.6) is 0 Å². The number of hydrogen-bond donors (Lipinski definition) is 3. The van der Waals surface area contributed by atoms with E-state index in [0.29, 0.717) is 0 Å². The highest BCUT2D eigenvalue weighted by Gasteiger charge is 2.17. The average molecular weight is 371 g/mol. The first-order valence-electron chi connectivity index (χ1n) is 8.91. The van der Waals surface area contributed by atoms with E-state index >= 15 is 0 Å². The first kappa shape index (κ1) is 18.5. The first-order valence-corrected chi connectivity index (χ1v) is 9.73. The summed E-state index contributed by atoms with van der Waals surface area (Å²) >= 11 is 1.60. The molecule has 0 unspecified atom stereocenters. The minimum absolute atomic E-state index is 0.754. The Labute approximate surface area is 159 Å². The second kappa shape index (κ2) is 8.91. The highest BCUT2D eigenvalue weighted by molar-refractivity contribution is 7.97. The van der Waals surface area contributed by atoms with Gasteiger partial charge in [-0.2, -0.15) is 0 Å². The lowest BCUT2D eigenvalue weighted by molar-refractivity contribution is 0.578. The summed E-state index contributed by atoms with van der Waals surface area (Å²) in [7, 11) is 3.78. The molecule has 0 atom stereocenters. The van der Waals surface area contributed by atoms with Crippen molar-refractivity contribution < 1.29 is 0 Å². The van der Waals surface area contributed by atoms with Gasteiger partial charge in [0.25, 0.3) is 0 Å². The maximum absolute atomic E-state index is 4.44. The summed E-state index contributed by atoms with van der Waals surface area (Å²) in [6.45, 7) is 6.10. The molecule has 3 N–H and O–H groups in total. The van der Waals surface area contributed by atoms with Gasteiger partial charge in [0.15, 0.2) is 0 Å². The molecule has 7 heteroatoms. The van der Waals surface area contributed by atoms with Crippen LogP contribution in [0.25, 0.3) is 6.08 Å². The van der Waals surface area contributed by atoms with Crippen molar-refractivity contribution in [1.82, 2.24) is 14.7 Å². The summed E-state index contributed by atoms with van der Waals surface area (Å²) < 4.78 is 3.14. The lowest BCUT2D eigenvalue weighted by Crippen LogP contribution is -2.30. The van der Waals surface area contributed by atoms with E-state index in [1.54, 1.807) is 24.4 Å². The fraction of sp³-hybridized carbons (Fsp3) is 0.368. The molecule has 0 spiro atoms. The van der Waals surface area contributed by atoms with Gasteiger partial charge in [-0.3, -0.25) is 4.72 Å². The Balaban J connectivity index is 1.99. The van der Waals surface area contributed by atoms with Crippen LogP contribution in [0.15, 0.2) is 36.0 Å². The van der Waals surface area contributed by atoms with Gasteiger partial charge >= 0.3 is 0 Å². The Morgan fingerprint density at radius 2 is 1.88 bits per heavy atom. The Bertz CT molecular complexity index is 758. The number of anilines is 4. The van der Waals surface area contributed by atoms with Gasteiger partial charge in [-0.05, 0) is 56.5 Å². The van der Waals surface area contributed by atoms with Crippen molar-refractivity contribution in [3.8, 4) is 0 Å². The minimum atomic E-state index is 0.754. The quantitative estimate of drug-likeness (QED) is 0.634. The molecule has 0 saturated carbocycles. The van der Waals surface area contributed by atoms with Crippen molar-refractivity contribution in [2.24, 2.45) is 0 Å². The van der Waals surface area contributed by atoms with Crippen LogP contribution >= 0.6 is 11.9 Å². The molecular weight excluding hydrogens is 344 g/mol. The SMILES string of the molecule is C=Cc1c(NC)ncnc1Nc1cc(SNC)ccc1N1CCCCC1. The molecule has 138 valence electrons. The molecule has 6 nitrogen and oxygen atoms in total. The fourth-order valence-electron chi connectivity index (χ4n) is 3.22. The molecule has 2 heterocycles. The zero-order valence-electron chi connectivity index (χ0n) is 15.4. The topological polar surface area (TPSA) is 65.1 Å². The van der Waals surface area contributed by atoms with Crippen molar-refractivity contribution in [2.75, 3.05) is 42.7 Å². The third-order valence-electron chi connectivity index (χ3n) is 4.46. The number of hydrogen-bond acceptors (Lipinski definition) is 7. The number of benzene rings is 1. The van der Waals surface area contributed by atoms with Crippen LogP contribution in [0.4, 0.5) is 23.0 Å². The van der Waals surface area contributed by atoms with Crippen molar-refractivity contribution >= 4 is 41.0 Å². The van der Waals surface area contributed by atoms with E-state index < -0.39 is 0 Å². The molecular formula is C19H26N6S. The maximum Gasteiger partial charge on any atom is 0.143 e. The zero-order chi connectivity index (χ0) is 18.4. The maximum atomic E-state index is 4.44. The number of aromatic nitrogens is 2. The number of rotatable bonds is 7. The van der Waals surface area contributed by atoms with E-state index in [9.17, 15) is 0 Å². The third-order valence-corrected chi connectivity index (χ3v) is 5.16. The smallest absolute Gasteiger partial charge is 0.143 e. The van der Waals surface area contributed by atoms with Crippen molar-refractivity contribution in [2.45, 2.75) is 24.2 Å². The molecule has 2 aromatic rings. The summed E-state index contributed by atoms with van der Waals surface area (Å²) in [4.78, 5) is 12.3. The molecule has 1 aromatic heterocycles. The monoisotopic (exact) mass is 370 g/mol. The standard InChI is InChI=1S/C19H26N6S/c1-4-15-18(20-2)22-13-23-19(15)24-16-12-14(26-21-3)8-9-17(16)25-10-6-5-7-11-25/h4,8-9,12-13,21H,1,5-7,10-11H2,2-3H3,(H2,20,22,23,24). The Kier molecular flexibility index (Phi) is 6.35. The van der Waals surface area contributed by atoms with Crippen LogP contribution in [0, 0.1) is 0 Å². The first-order chi connectivity index (χ1) is 12.8. The van der Waals surface area contributed by atoms with Crippen LogP contribution in [-0.4, -0.2) is 37.2 Å². The van der Waals surface area contributed by atoms with Gasteiger partial charge in [0, 0.05) is 25.0 Å².